The number of fused-ring (bicyclic) bond motifs is 1. The van der Waals surface area contributed by atoms with E-state index in [0.717, 1.165) is 30.3 Å². The van der Waals surface area contributed by atoms with Crippen molar-refractivity contribution in [3.05, 3.63) is 36.0 Å². The van der Waals surface area contributed by atoms with Crippen LogP contribution >= 0.6 is 0 Å². The zero-order valence-electron chi connectivity index (χ0n) is 13.4. The van der Waals surface area contributed by atoms with Gasteiger partial charge < -0.3 is 14.6 Å². The first-order chi connectivity index (χ1) is 11.1. The number of piperidine rings is 1. The number of carbonyl (C=O) groups is 2. The van der Waals surface area contributed by atoms with Gasteiger partial charge in [0.05, 0.1) is 0 Å². The number of carboxylic acid groups (broad SMARTS) is 1. The summed E-state index contributed by atoms with van der Waals surface area (Å²) in [6.45, 7) is 1.41. The van der Waals surface area contributed by atoms with Crippen LogP contribution in [0.5, 0.6) is 0 Å². The van der Waals surface area contributed by atoms with Gasteiger partial charge in [-0.3, -0.25) is 9.59 Å². The van der Waals surface area contributed by atoms with Crippen molar-refractivity contribution in [2.45, 2.75) is 25.7 Å². The van der Waals surface area contributed by atoms with Crippen molar-refractivity contribution in [2.24, 2.45) is 13.0 Å². The lowest BCUT2D eigenvalue weighted by atomic mass is 9.93. The molecule has 0 aliphatic carbocycles. The van der Waals surface area contributed by atoms with Gasteiger partial charge in [-0.05, 0) is 37.3 Å². The Kier molecular flexibility index (Phi) is 4.37. The predicted octanol–water partition coefficient (Wildman–Crippen LogP) is 2.90. The predicted molar refractivity (Wildman–Crippen MR) is 88.4 cm³/mol. The summed E-state index contributed by atoms with van der Waals surface area (Å²) in [4.78, 5) is 25.5. The Morgan fingerprint density at radius 2 is 2.09 bits per heavy atom. The number of nitrogens with zero attached hydrogens (tertiary/aromatic N) is 2. The fourth-order valence-corrected chi connectivity index (χ4v) is 3.47. The smallest absolute Gasteiger partial charge is 0.303 e. The van der Waals surface area contributed by atoms with Crippen LogP contribution in [0, 0.1) is 5.92 Å². The highest BCUT2D eigenvalue weighted by molar-refractivity contribution is 5.98. The van der Waals surface area contributed by atoms with Gasteiger partial charge in [0.25, 0.3) is 5.91 Å². The molecule has 0 unspecified atom stereocenters. The second kappa shape index (κ2) is 6.44. The highest BCUT2D eigenvalue weighted by atomic mass is 16.4. The van der Waals surface area contributed by atoms with Gasteiger partial charge in [0, 0.05) is 37.5 Å². The molecule has 1 N–H and O–H groups in total. The molecule has 1 atom stereocenters. The minimum absolute atomic E-state index is 0.0451. The Hall–Kier alpha value is -2.30. The van der Waals surface area contributed by atoms with E-state index in [1.165, 1.54) is 0 Å². The van der Waals surface area contributed by atoms with Crippen LogP contribution in [0.3, 0.4) is 0 Å². The molecule has 0 spiro atoms. The summed E-state index contributed by atoms with van der Waals surface area (Å²) >= 11 is 0. The van der Waals surface area contributed by atoms with Gasteiger partial charge in [0.15, 0.2) is 0 Å². The quantitative estimate of drug-likeness (QED) is 0.944. The van der Waals surface area contributed by atoms with Crippen LogP contribution in [0.15, 0.2) is 30.3 Å². The number of aryl methyl sites for hydroxylation is 1. The fourth-order valence-electron chi connectivity index (χ4n) is 3.47. The molecule has 1 aromatic heterocycles. The summed E-state index contributed by atoms with van der Waals surface area (Å²) in [5.74, 6) is -0.427. The number of benzene rings is 1. The molecule has 5 heteroatoms. The van der Waals surface area contributed by atoms with E-state index in [0.29, 0.717) is 24.6 Å². The number of carboxylic acids is 1. The molecule has 0 bridgehead atoms. The normalized spacial score (nSPS) is 18.3. The summed E-state index contributed by atoms with van der Waals surface area (Å²) in [7, 11) is 1.92. The number of likely N-dealkylation sites (tertiary alicyclic amines) is 1. The maximum Gasteiger partial charge on any atom is 0.303 e. The lowest BCUT2D eigenvalue weighted by molar-refractivity contribution is -0.137. The first-order valence-corrected chi connectivity index (χ1v) is 8.12. The number of rotatable bonds is 4. The zero-order chi connectivity index (χ0) is 16.4. The summed E-state index contributed by atoms with van der Waals surface area (Å²) in [6, 6.07) is 9.91. The Balaban J connectivity index is 1.76. The Morgan fingerprint density at radius 1 is 1.30 bits per heavy atom. The molecule has 2 aromatic rings. The molecular formula is C18H22N2O3. The molecule has 0 saturated carbocycles. The van der Waals surface area contributed by atoms with Crippen molar-refractivity contribution in [3.63, 3.8) is 0 Å². The van der Waals surface area contributed by atoms with Crippen LogP contribution in [0.4, 0.5) is 0 Å². The fraction of sp³-hybridized carbons (Fsp3) is 0.444. The number of hydrogen-bond donors (Lipinski definition) is 1. The van der Waals surface area contributed by atoms with Crippen molar-refractivity contribution >= 4 is 22.8 Å². The van der Waals surface area contributed by atoms with E-state index < -0.39 is 5.97 Å². The number of aromatic nitrogens is 1. The van der Waals surface area contributed by atoms with Gasteiger partial charge in [-0.2, -0.15) is 0 Å². The van der Waals surface area contributed by atoms with Crippen molar-refractivity contribution in [1.29, 1.82) is 0 Å². The topological polar surface area (TPSA) is 62.5 Å². The maximum atomic E-state index is 12.9. The third-order valence-electron chi connectivity index (χ3n) is 4.74. The highest BCUT2D eigenvalue weighted by Gasteiger charge is 2.26. The number of hydrogen-bond acceptors (Lipinski definition) is 2. The minimum Gasteiger partial charge on any atom is -0.481 e. The average molecular weight is 314 g/mol. The molecule has 2 heterocycles. The standard InChI is InChI=1S/C18H22N2O3/c1-19-15-7-3-2-6-14(15)11-16(19)18(23)20-10-4-5-13(12-20)8-9-17(21)22/h2-3,6-7,11,13H,4-5,8-10,12H2,1H3,(H,21,22)/t13-/m0/s1. The molecule has 0 radical (unpaired) electrons. The molecule has 1 fully saturated rings. The van der Waals surface area contributed by atoms with Crippen LogP contribution in [-0.4, -0.2) is 39.5 Å². The molecule has 23 heavy (non-hydrogen) atoms. The first-order valence-electron chi connectivity index (χ1n) is 8.12. The van der Waals surface area contributed by atoms with Crippen LogP contribution < -0.4 is 0 Å². The summed E-state index contributed by atoms with van der Waals surface area (Å²) in [5, 5.41) is 9.90. The molecule has 3 rings (SSSR count). The average Bonchev–Trinajstić information content (AvgIpc) is 2.90. The van der Waals surface area contributed by atoms with E-state index in [4.69, 9.17) is 5.11 Å². The summed E-state index contributed by atoms with van der Waals surface area (Å²) in [6.07, 6.45) is 2.78. The molecule has 1 aliphatic rings. The number of aliphatic carboxylic acids is 1. The van der Waals surface area contributed by atoms with Crippen LogP contribution in [0.1, 0.15) is 36.2 Å². The van der Waals surface area contributed by atoms with Crippen LogP contribution in [0.25, 0.3) is 10.9 Å². The van der Waals surface area contributed by atoms with Gasteiger partial charge in [-0.25, -0.2) is 0 Å². The van der Waals surface area contributed by atoms with Crippen molar-refractivity contribution in [3.8, 4) is 0 Å². The van der Waals surface area contributed by atoms with Gasteiger partial charge in [0.2, 0.25) is 0 Å². The van der Waals surface area contributed by atoms with Gasteiger partial charge >= 0.3 is 5.97 Å². The summed E-state index contributed by atoms with van der Waals surface area (Å²) in [5.41, 5.74) is 1.75. The second-order valence-corrected chi connectivity index (χ2v) is 6.34. The largest absolute Gasteiger partial charge is 0.481 e. The molecule has 1 amide bonds. The van der Waals surface area contributed by atoms with Crippen LogP contribution in [-0.2, 0) is 11.8 Å². The third-order valence-corrected chi connectivity index (χ3v) is 4.74. The Morgan fingerprint density at radius 3 is 2.83 bits per heavy atom. The summed E-state index contributed by atoms with van der Waals surface area (Å²) < 4.78 is 1.94. The maximum absolute atomic E-state index is 12.9. The van der Waals surface area contributed by atoms with E-state index in [-0.39, 0.29) is 12.3 Å². The van der Waals surface area contributed by atoms with E-state index >= 15 is 0 Å². The Labute approximate surface area is 135 Å². The molecule has 1 saturated heterocycles. The van der Waals surface area contributed by atoms with Crippen molar-refractivity contribution < 1.29 is 14.7 Å². The lowest BCUT2D eigenvalue weighted by Gasteiger charge is -2.32. The number of amides is 1. The first kappa shape index (κ1) is 15.6. The molecule has 1 aromatic carbocycles. The number of carbonyl (C=O) groups excluding carboxylic acids is 1. The van der Waals surface area contributed by atoms with Crippen LogP contribution in [0.2, 0.25) is 0 Å². The SMILES string of the molecule is Cn1c(C(=O)N2CCC[C@@H](CCC(=O)O)C2)cc2ccccc21. The lowest BCUT2D eigenvalue weighted by Crippen LogP contribution is -2.40. The van der Waals surface area contributed by atoms with Crippen molar-refractivity contribution in [1.82, 2.24) is 9.47 Å². The van der Waals surface area contributed by atoms with E-state index in [9.17, 15) is 9.59 Å². The molecular weight excluding hydrogens is 292 g/mol. The van der Waals surface area contributed by atoms with Gasteiger partial charge in [-0.15, -0.1) is 0 Å². The third kappa shape index (κ3) is 3.23. The molecule has 1 aliphatic heterocycles. The van der Waals surface area contributed by atoms with E-state index in [1.807, 2.05) is 46.8 Å². The molecule has 5 nitrogen and oxygen atoms in total. The minimum atomic E-state index is -0.762. The van der Waals surface area contributed by atoms with Gasteiger partial charge in [-0.1, -0.05) is 18.2 Å². The Bertz CT molecular complexity index is 735. The van der Waals surface area contributed by atoms with E-state index in [2.05, 4.69) is 0 Å². The zero-order valence-corrected chi connectivity index (χ0v) is 13.4. The monoisotopic (exact) mass is 314 g/mol. The number of para-hydroxylation sites is 1. The molecule has 122 valence electrons. The van der Waals surface area contributed by atoms with Crippen molar-refractivity contribution in [2.75, 3.05) is 13.1 Å². The van der Waals surface area contributed by atoms with Gasteiger partial charge in [0.1, 0.15) is 5.69 Å². The highest BCUT2D eigenvalue weighted by Crippen LogP contribution is 2.24. The second-order valence-electron chi connectivity index (χ2n) is 6.34. The van der Waals surface area contributed by atoms with E-state index in [1.54, 1.807) is 0 Å².